The fourth-order valence-corrected chi connectivity index (χ4v) is 3.64. The summed E-state index contributed by atoms with van der Waals surface area (Å²) in [5, 5.41) is 1.13. The van der Waals surface area contributed by atoms with Gasteiger partial charge in [0.1, 0.15) is 6.04 Å². The van der Waals surface area contributed by atoms with Gasteiger partial charge in [-0.3, -0.25) is 4.98 Å². The van der Waals surface area contributed by atoms with Crippen molar-refractivity contribution in [1.82, 2.24) is 9.97 Å². The first-order chi connectivity index (χ1) is 13.7. The van der Waals surface area contributed by atoms with Crippen LogP contribution in [0.1, 0.15) is 37.6 Å². The molecule has 0 aliphatic rings. The maximum atomic E-state index is 5.07. The molecule has 0 saturated heterocycles. The monoisotopic (exact) mass is 368 g/mol. The van der Waals surface area contributed by atoms with E-state index in [1.54, 1.807) is 0 Å². The average Bonchev–Trinajstić information content (AvgIpc) is 2.78. The van der Waals surface area contributed by atoms with E-state index in [1.165, 1.54) is 11.1 Å². The van der Waals surface area contributed by atoms with Crippen molar-refractivity contribution in [1.29, 1.82) is 0 Å². The summed E-state index contributed by atoms with van der Waals surface area (Å²) in [7, 11) is 0. The molecule has 0 spiro atoms. The summed E-state index contributed by atoms with van der Waals surface area (Å²) in [6.07, 6.45) is 3.79. The standard InChI is InChI=1S/C25H25N3/c1-3-22(26)18-10-12-19(13-11-18)25-20(17-8-6-5-7-9-17)16-21-23(4-2)27-15-14-24(21)28-25/h5-16,22H,3-4,26H2,1-2H3/p+1. The molecule has 140 valence electrons. The van der Waals surface area contributed by atoms with Gasteiger partial charge in [0.05, 0.1) is 11.2 Å². The van der Waals surface area contributed by atoms with Crippen molar-refractivity contribution in [3.63, 3.8) is 0 Å². The van der Waals surface area contributed by atoms with E-state index in [0.29, 0.717) is 6.04 Å². The zero-order chi connectivity index (χ0) is 19.5. The van der Waals surface area contributed by atoms with Crippen LogP contribution in [0.15, 0.2) is 72.9 Å². The molecule has 1 atom stereocenters. The van der Waals surface area contributed by atoms with Gasteiger partial charge in [0.2, 0.25) is 0 Å². The third-order valence-electron chi connectivity index (χ3n) is 5.39. The highest BCUT2D eigenvalue weighted by atomic mass is 14.7. The molecule has 4 rings (SSSR count). The maximum absolute atomic E-state index is 5.07. The minimum atomic E-state index is 0.324. The van der Waals surface area contributed by atoms with Crippen molar-refractivity contribution >= 4 is 10.9 Å². The molecule has 2 aromatic carbocycles. The van der Waals surface area contributed by atoms with Gasteiger partial charge in [-0.05, 0) is 24.1 Å². The molecule has 28 heavy (non-hydrogen) atoms. The third kappa shape index (κ3) is 3.41. The van der Waals surface area contributed by atoms with E-state index >= 15 is 0 Å². The summed E-state index contributed by atoms with van der Waals surface area (Å²) >= 11 is 0. The highest BCUT2D eigenvalue weighted by molar-refractivity contribution is 5.92. The van der Waals surface area contributed by atoms with Crippen molar-refractivity contribution in [3.8, 4) is 22.4 Å². The number of hydrogen-bond donors (Lipinski definition) is 1. The van der Waals surface area contributed by atoms with Crippen LogP contribution in [-0.4, -0.2) is 9.97 Å². The summed E-state index contributed by atoms with van der Waals surface area (Å²) in [6.45, 7) is 4.31. The Hall–Kier alpha value is -3.04. The Kier molecular flexibility index (Phi) is 5.18. The van der Waals surface area contributed by atoms with Crippen molar-refractivity contribution in [2.45, 2.75) is 32.7 Å². The molecule has 0 amide bonds. The van der Waals surface area contributed by atoms with Crippen molar-refractivity contribution in [2.75, 3.05) is 0 Å². The largest absolute Gasteiger partial charge is 0.351 e. The van der Waals surface area contributed by atoms with E-state index < -0.39 is 0 Å². The first-order valence-corrected chi connectivity index (χ1v) is 9.98. The van der Waals surface area contributed by atoms with Crippen molar-refractivity contribution in [3.05, 3.63) is 84.2 Å². The van der Waals surface area contributed by atoms with Crippen LogP contribution in [0.5, 0.6) is 0 Å². The second-order valence-electron chi connectivity index (χ2n) is 7.16. The predicted molar refractivity (Wildman–Crippen MR) is 116 cm³/mol. The quantitative estimate of drug-likeness (QED) is 0.525. The van der Waals surface area contributed by atoms with Crippen LogP contribution in [0.3, 0.4) is 0 Å². The molecule has 0 aliphatic carbocycles. The van der Waals surface area contributed by atoms with Gasteiger partial charge in [0.25, 0.3) is 0 Å². The Balaban J connectivity index is 1.93. The summed E-state index contributed by atoms with van der Waals surface area (Å²) in [6, 6.07) is 23.8. The van der Waals surface area contributed by atoms with E-state index in [9.17, 15) is 0 Å². The minimum Gasteiger partial charge on any atom is -0.351 e. The molecule has 0 bridgehead atoms. The summed E-state index contributed by atoms with van der Waals surface area (Å²) in [5.74, 6) is 0. The van der Waals surface area contributed by atoms with Crippen LogP contribution in [-0.2, 0) is 6.42 Å². The number of pyridine rings is 2. The smallest absolute Gasteiger partial charge is 0.110 e. The number of hydrogen-bond acceptors (Lipinski definition) is 2. The van der Waals surface area contributed by atoms with Gasteiger partial charge < -0.3 is 5.73 Å². The van der Waals surface area contributed by atoms with Crippen LogP contribution in [0.4, 0.5) is 0 Å². The van der Waals surface area contributed by atoms with Gasteiger partial charge in [0.15, 0.2) is 0 Å². The molecule has 0 aliphatic heterocycles. The number of rotatable bonds is 5. The van der Waals surface area contributed by atoms with Crippen molar-refractivity contribution < 1.29 is 5.73 Å². The predicted octanol–water partition coefficient (Wildman–Crippen LogP) is 5.22. The number of aromatic nitrogens is 2. The SMILES string of the molecule is CCc1nccc2nc(-c3ccc(C([NH3+])CC)cc3)c(-c3ccccc3)cc12. The Morgan fingerprint density at radius 1 is 0.893 bits per heavy atom. The first-order valence-electron chi connectivity index (χ1n) is 9.98. The molecular weight excluding hydrogens is 342 g/mol. The molecule has 3 N–H and O–H groups in total. The lowest BCUT2D eigenvalue weighted by atomic mass is 9.95. The van der Waals surface area contributed by atoms with E-state index in [0.717, 1.165) is 46.3 Å². The number of nitrogens with zero attached hydrogens (tertiary/aromatic N) is 2. The lowest BCUT2D eigenvalue weighted by molar-refractivity contribution is -0.427. The Labute approximate surface area is 166 Å². The zero-order valence-corrected chi connectivity index (χ0v) is 16.5. The maximum Gasteiger partial charge on any atom is 0.110 e. The molecule has 1 unspecified atom stereocenters. The molecule has 3 nitrogen and oxygen atoms in total. The van der Waals surface area contributed by atoms with Crippen LogP contribution >= 0.6 is 0 Å². The topological polar surface area (TPSA) is 53.4 Å². The number of aryl methyl sites for hydroxylation is 1. The summed E-state index contributed by atoms with van der Waals surface area (Å²) in [4.78, 5) is 9.63. The minimum absolute atomic E-state index is 0.324. The van der Waals surface area contributed by atoms with Crippen LogP contribution in [0.25, 0.3) is 33.3 Å². The zero-order valence-electron chi connectivity index (χ0n) is 16.5. The average molecular weight is 369 g/mol. The van der Waals surface area contributed by atoms with E-state index in [4.69, 9.17) is 4.98 Å². The van der Waals surface area contributed by atoms with Gasteiger partial charge in [-0.1, -0.05) is 68.4 Å². The fourth-order valence-electron chi connectivity index (χ4n) is 3.64. The van der Waals surface area contributed by atoms with Gasteiger partial charge in [-0.15, -0.1) is 0 Å². The van der Waals surface area contributed by atoms with Crippen LogP contribution in [0.2, 0.25) is 0 Å². The molecule has 4 aromatic rings. The van der Waals surface area contributed by atoms with Gasteiger partial charge in [-0.2, -0.15) is 0 Å². The fraction of sp³-hybridized carbons (Fsp3) is 0.200. The third-order valence-corrected chi connectivity index (χ3v) is 5.39. The highest BCUT2D eigenvalue weighted by Crippen LogP contribution is 2.34. The van der Waals surface area contributed by atoms with Crippen LogP contribution < -0.4 is 5.73 Å². The molecular formula is C25H26N3+. The Bertz CT molecular complexity index is 1090. The first kappa shape index (κ1) is 18.3. The molecule has 2 heterocycles. The number of fused-ring (bicyclic) bond motifs is 1. The number of benzene rings is 2. The lowest BCUT2D eigenvalue weighted by Gasteiger charge is -2.14. The molecule has 0 radical (unpaired) electrons. The Morgan fingerprint density at radius 2 is 1.64 bits per heavy atom. The van der Waals surface area contributed by atoms with Crippen molar-refractivity contribution in [2.24, 2.45) is 0 Å². The second-order valence-corrected chi connectivity index (χ2v) is 7.16. The van der Waals surface area contributed by atoms with E-state index in [-0.39, 0.29) is 0 Å². The van der Waals surface area contributed by atoms with Gasteiger partial charge in [-0.25, -0.2) is 4.98 Å². The highest BCUT2D eigenvalue weighted by Gasteiger charge is 2.14. The van der Waals surface area contributed by atoms with Gasteiger partial charge in [0, 0.05) is 40.4 Å². The van der Waals surface area contributed by atoms with E-state index in [1.807, 2.05) is 18.3 Å². The van der Waals surface area contributed by atoms with E-state index in [2.05, 4.69) is 79.2 Å². The second kappa shape index (κ2) is 7.91. The number of quaternary nitrogens is 1. The van der Waals surface area contributed by atoms with Crippen LogP contribution in [0, 0.1) is 0 Å². The summed E-state index contributed by atoms with van der Waals surface area (Å²) in [5.41, 5.74) is 12.0. The molecule has 3 heteroatoms. The lowest BCUT2D eigenvalue weighted by Crippen LogP contribution is -2.53. The molecule has 2 aromatic heterocycles. The molecule has 0 saturated carbocycles. The molecule has 0 fully saturated rings. The normalized spacial score (nSPS) is 12.2. The summed E-state index contributed by atoms with van der Waals surface area (Å²) < 4.78 is 0. The van der Waals surface area contributed by atoms with Gasteiger partial charge >= 0.3 is 0 Å². The Morgan fingerprint density at radius 3 is 2.32 bits per heavy atom.